The molecule has 2 saturated heterocycles. The van der Waals surface area contributed by atoms with Crippen LogP contribution in [0.15, 0.2) is 258 Å². The van der Waals surface area contributed by atoms with Crippen LogP contribution in [0.5, 0.6) is 0 Å². The van der Waals surface area contributed by atoms with Crippen LogP contribution in [-0.2, 0) is 76.7 Å². The molecule has 27 nitrogen and oxygen atoms in total. The minimum absolute atomic E-state index is 0.0196. The molecule has 0 saturated carbocycles. The first-order chi connectivity index (χ1) is 53.0. The Morgan fingerprint density at radius 2 is 0.875 bits per heavy atom. The number of nitrogens with zero attached hydrogens (tertiary/aromatic N) is 8. The van der Waals surface area contributed by atoms with Gasteiger partial charge in [0, 0.05) is 102 Å². The number of oxazole rings is 2. The van der Waals surface area contributed by atoms with Crippen LogP contribution in [0.25, 0.3) is 22.6 Å². The number of aliphatic hydroxyl groups is 2. The summed E-state index contributed by atoms with van der Waals surface area (Å²) < 4.78 is 139. The molecule has 2 fully saturated rings. The molecule has 13 rings (SSSR count). The van der Waals surface area contributed by atoms with Crippen LogP contribution in [0, 0.1) is 13.8 Å². The van der Waals surface area contributed by atoms with Crippen LogP contribution >= 0.6 is 102 Å². The number of halogens is 6. The molecule has 0 spiro atoms. The summed E-state index contributed by atoms with van der Waals surface area (Å²) in [5, 5.41) is 18.7. The lowest BCUT2D eigenvalue weighted by molar-refractivity contribution is -0.137. The summed E-state index contributed by atoms with van der Waals surface area (Å²) >= 11 is 17.9. The highest BCUT2D eigenvalue weighted by Crippen LogP contribution is 2.28. The predicted molar refractivity (Wildman–Crippen MR) is 440 cm³/mol. The molecule has 10 heterocycles. The van der Waals surface area contributed by atoms with Crippen molar-refractivity contribution in [1.82, 2.24) is 54.0 Å². The Morgan fingerprint density at radius 1 is 0.473 bits per heavy atom. The number of aryl methyl sites for hydroxylation is 2. The lowest BCUT2D eigenvalue weighted by Crippen LogP contribution is -2.34. The molecule has 0 amide bonds. The molecule has 3 unspecified atom stereocenters. The number of ether oxygens (including phenoxy) is 4. The summed E-state index contributed by atoms with van der Waals surface area (Å²) in [6.07, 6.45) is 11.7. The molecule has 11 aromatic rings. The summed E-state index contributed by atoms with van der Waals surface area (Å²) in [6, 6.07) is 46.3. The first kappa shape index (κ1) is 91.0. The highest BCUT2D eigenvalue weighted by molar-refractivity contribution is 9.11. The number of sulfonamides is 3. The van der Waals surface area contributed by atoms with E-state index < -0.39 is 63.4 Å². The fourth-order valence-electron chi connectivity index (χ4n) is 9.37. The van der Waals surface area contributed by atoms with Gasteiger partial charge in [-0.1, -0.05) is 102 Å². The average Bonchev–Trinajstić information content (AvgIpc) is 1.16. The zero-order valence-corrected chi connectivity index (χ0v) is 73.4. The molecule has 0 bridgehead atoms. The first-order valence-corrected chi connectivity index (χ1v) is 45.3. The molecule has 596 valence electrons. The van der Waals surface area contributed by atoms with E-state index in [1.54, 1.807) is 82.3 Å². The smallest absolute Gasteiger partial charge is 0.278 e. The number of rotatable bonds is 23. The maximum atomic E-state index is 12.5. The molecule has 5 N–H and O–H groups in total. The van der Waals surface area contributed by atoms with Crippen molar-refractivity contribution in [2.75, 3.05) is 39.5 Å². The van der Waals surface area contributed by atoms with Gasteiger partial charge in [0.2, 0.25) is 0 Å². The number of benzene rings is 3. The highest BCUT2D eigenvalue weighted by atomic mass is 79.9. The van der Waals surface area contributed by atoms with Crippen molar-refractivity contribution in [3.05, 3.63) is 263 Å². The summed E-state index contributed by atoms with van der Waals surface area (Å²) in [6.45, 7) is 11.4. The topological polar surface area (TPSA) is 379 Å². The third-order valence-electron chi connectivity index (χ3n) is 15.0. The second kappa shape index (κ2) is 42.9. The molecule has 3 atom stereocenters. The van der Waals surface area contributed by atoms with E-state index in [9.17, 15) is 38.8 Å². The van der Waals surface area contributed by atoms with Crippen LogP contribution in [0.4, 0.5) is 0 Å². The van der Waals surface area contributed by atoms with Crippen molar-refractivity contribution in [1.29, 1.82) is 0 Å². The van der Waals surface area contributed by atoms with E-state index in [1.165, 1.54) is 60.2 Å². The molecule has 38 heteroatoms. The van der Waals surface area contributed by atoms with Crippen molar-refractivity contribution in [3.8, 4) is 22.6 Å². The number of pyridine rings is 6. The lowest BCUT2D eigenvalue weighted by atomic mass is 10.1. The Hall–Kier alpha value is -6.54. The van der Waals surface area contributed by atoms with Gasteiger partial charge in [-0.3, -0.25) is 0 Å². The number of hydrogen-bond acceptors (Lipinski definition) is 25. The number of hydrogen-bond donors (Lipinski definition) is 5. The summed E-state index contributed by atoms with van der Waals surface area (Å²) in [4.78, 5) is 32.3. The molecule has 0 aliphatic carbocycles. The van der Waals surface area contributed by atoms with Crippen molar-refractivity contribution < 1.29 is 71.7 Å². The predicted octanol–water partition coefficient (Wildman–Crippen LogP) is 14.1. The van der Waals surface area contributed by atoms with Gasteiger partial charge in [0.1, 0.15) is 4.60 Å². The molecule has 3 aromatic carbocycles. The van der Waals surface area contributed by atoms with Crippen LogP contribution in [0.3, 0.4) is 0 Å². The Morgan fingerprint density at radius 3 is 1.23 bits per heavy atom. The Balaban J connectivity index is 0.000000178. The monoisotopic (exact) mass is 1960 g/mol. The van der Waals surface area contributed by atoms with E-state index in [0.29, 0.717) is 53.8 Å². The van der Waals surface area contributed by atoms with Gasteiger partial charge in [0.25, 0.3) is 39.1 Å². The average molecular weight is 1970 g/mol. The largest absolute Gasteiger partial charge is 0.440 e. The van der Waals surface area contributed by atoms with E-state index in [2.05, 4.69) is 158 Å². The zero-order chi connectivity index (χ0) is 81.3. The van der Waals surface area contributed by atoms with Crippen LogP contribution < -0.4 is 14.2 Å². The summed E-state index contributed by atoms with van der Waals surface area (Å²) in [5.41, 5.74) is 7.08. The number of nitrogens with one attached hydrogen (secondary N) is 3. The zero-order valence-electron chi connectivity index (χ0n) is 60.6. The van der Waals surface area contributed by atoms with Crippen molar-refractivity contribution in [3.63, 3.8) is 0 Å². The fraction of sp³-hybridized carbons (Fsp3) is 0.270. The molecule has 8 aromatic heterocycles. The standard InChI is InChI=1S/C22H25N3O5S.C19H21N3O5S.C12H10BrNS.C11H15BrN2O4S.C5H3Br2N.C5H3BrClNO2S/c1-15-4-7-17(8-5-15)19-13-23-20(29-19)10-16-6-9-21(24-11-16)31(26,27)25-12-18-14-28-22(2,3)30-18;1-13-2-5-15(6-3-13)17-11-20-18(27-17)8-14-4-7-19(21-9-14)28(25,26)22-10-16(24)12-23;13-11-6-7-12(14-8-11)15-9-10-4-2-1-3-5-10;1-11(2)17-7-9(18-11)6-14-19(15,16)10-4-3-8(12)5-13-10;6-4-1-2-5(7)8-3-4;6-4-1-2-5(8-3-4)11(7,9)10/h4-9,11,13,18,25H,10,12,14H2,1-3H3;2-7,9,11,16,22-24H,8,10,12H2,1H3;1-8H,9H2;3-5,9,14H,6-7H2,1-2H3;1-3H;1-3H. The molecule has 112 heavy (non-hydrogen) atoms. The maximum Gasteiger partial charge on any atom is 0.278 e. The van der Waals surface area contributed by atoms with Gasteiger partial charge in [0.15, 0.2) is 55.0 Å². The van der Waals surface area contributed by atoms with E-state index in [1.807, 2.05) is 98.9 Å². The maximum absolute atomic E-state index is 12.5. The minimum Gasteiger partial charge on any atom is -0.440 e. The summed E-state index contributed by atoms with van der Waals surface area (Å²) in [7, 11) is -9.90. The van der Waals surface area contributed by atoms with Gasteiger partial charge in [-0.05, 0) is 199 Å². The van der Waals surface area contributed by atoms with E-state index in [-0.39, 0.29) is 51.9 Å². The Bertz CT molecular complexity index is 5220. The Labute approximate surface area is 701 Å². The SMILES string of the molecule is Brc1ccc(Br)nc1.Brc1ccc(SCc2ccccc2)nc1.CC1(C)OCC(CNS(=O)(=O)c2ccc(Br)cn2)O1.Cc1ccc(-c2cnc(Cc3ccc(S(=O)(=O)NCC(O)CO)nc3)o2)cc1.Cc1ccc(-c2cnc(Cc3ccc(S(=O)(=O)NCC4COC(C)(C)O4)nc3)o2)cc1.O=S(=O)(Cl)c1ccc(Br)cn1. The van der Waals surface area contributed by atoms with Crippen molar-refractivity contribution >= 4 is 141 Å². The number of aliphatic hydroxyl groups excluding tert-OH is 2. The van der Waals surface area contributed by atoms with Gasteiger partial charge in [0.05, 0.1) is 68.4 Å². The quantitative estimate of drug-likeness (QED) is 0.0225. The normalized spacial score (nSPS) is 15.3. The van der Waals surface area contributed by atoms with Crippen LogP contribution in [-0.4, -0.2) is 153 Å². The molecule has 2 aliphatic heterocycles. The minimum atomic E-state index is -3.86. The third-order valence-corrected chi connectivity index (χ3v) is 23.6. The summed E-state index contributed by atoms with van der Waals surface area (Å²) in [5.74, 6) is 1.99. The van der Waals surface area contributed by atoms with E-state index in [0.717, 1.165) is 56.6 Å². The van der Waals surface area contributed by atoms with E-state index >= 15 is 0 Å². The van der Waals surface area contributed by atoms with Gasteiger partial charge in [-0.25, -0.2) is 87.7 Å². The lowest BCUT2D eigenvalue weighted by Gasteiger charge is -2.17. The Kier molecular flexibility index (Phi) is 34.8. The first-order valence-electron chi connectivity index (χ1n) is 33.6. The molecular weight excluding hydrogens is 1890 g/mol. The van der Waals surface area contributed by atoms with Gasteiger partial charge < -0.3 is 38.0 Å². The molecule has 2 aliphatic rings. The molecule has 0 radical (unpaired) electrons. The second-order valence-corrected chi connectivity index (χ2v) is 38.2. The van der Waals surface area contributed by atoms with Gasteiger partial charge >= 0.3 is 0 Å². The number of thioether (sulfide) groups is 1. The second-order valence-electron chi connectivity index (χ2n) is 25.1. The highest BCUT2D eigenvalue weighted by Gasteiger charge is 2.35. The van der Waals surface area contributed by atoms with Crippen molar-refractivity contribution in [2.45, 2.75) is 115 Å². The van der Waals surface area contributed by atoms with Crippen LogP contribution in [0.1, 0.15) is 67.3 Å². The fourth-order valence-corrected chi connectivity index (χ4v) is 15.0. The third kappa shape index (κ3) is 31.2. The van der Waals surface area contributed by atoms with Gasteiger partial charge in [-0.15, -0.1) is 11.8 Å². The van der Waals surface area contributed by atoms with Crippen LogP contribution in [0.2, 0.25) is 0 Å². The van der Waals surface area contributed by atoms with Gasteiger partial charge in [-0.2, -0.15) is 0 Å². The van der Waals surface area contributed by atoms with E-state index in [4.69, 9.17) is 43.6 Å². The number of aromatic nitrogens is 8. The molecular formula is C74H77Br5ClN11O16S5. The van der Waals surface area contributed by atoms with Crippen molar-refractivity contribution in [2.24, 2.45) is 0 Å².